The minimum Gasteiger partial charge on any atom is -0.455 e. The first-order valence-corrected chi connectivity index (χ1v) is 19.5. The zero-order valence-electron chi connectivity index (χ0n) is 32.0. The molecule has 0 amide bonds. The summed E-state index contributed by atoms with van der Waals surface area (Å²) < 4.78 is 35.0. The van der Waals surface area contributed by atoms with E-state index in [1.165, 1.54) is 5.19 Å². The molecule has 3 aromatic carbocycles. The number of nitrogens with zero attached hydrogens (tertiary/aromatic N) is 4. The molecule has 3 heterocycles. The van der Waals surface area contributed by atoms with Crippen LogP contribution in [-0.2, 0) is 17.9 Å². The summed E-state index contributed by atoms with van der Waals surface area (Å²) in [6, 6.07) is 20.2. The Morgan fingerprint density at radius 1 is 0.761 bits per heavy atom. The van der Waals surface area contributed by atoms with E-state index < -0.39 is 14.9 Å². The summed E-state index contributed by atoms with van der Waals surface area (Å²) in [7, 11) is 0.0803. The summed E-state index contributed by atoms with van der Waals surface area (Å²) >= 11 is 0. The van der Waals surface area contributed by atoms with Gasteiger partial charge in [-0.3, -0.25) is 0 Å². The first-order chi connectivity index (χ1) is 22.6. The zero-order valence-corrected chi connectivity index (χ0v) is 30.0. The van der Waals surface area contributed by atoms with Crippen molar-refractivity contribution in [1.29, 1.82) is 0 Å². The molecule has 6 rings (SSSR count). The highest BCUT2D eigenvalue weighted by molar-refractivity contribution is 6.89. The van der Waals surface area contributed by atoms with Crippen molar-refractivity contribution in [2.75, 3.05) is 0 Å². The molecular formula is C40H47N4OSi+. The Labute approximate surface area is 279 Å². The van der Waals surface area contributed by atoms with Gasteiger partial charge in [0, 0.05) is 42.5 Å². The van der Waals surface area contributed by atoms with Crippen LogP contribution >= 0.6 is 0 Å². The van der Waals surface area contributed by atoms with E-state index in [4.69, 9.17) is 23.5 Å². The van der Waals surface area contributed by atoms with Crippen molar-refractivity contribution in [3.8, 4) is 33.8 Å². The minimum absolute atomic E-state index is 0.276. The Morgan fingerprint density at radius 3 is 2.07 bits per heavy atom. The summed E-state index contributed by atoms with van der Waals surface area (Å²) in [6.45, 7) is 19.1. The number of aryl methyl sites for hydroxylation is 3. The van der Waals surface area contributed by atoms with E-state index in [1.807, 2.05) is 30.3 Å². The van der Waals surface area contributed by atoms with Crippen LogP contribution in [-0.4, -0.2) is 23.0 Å². The Balaban J connectivity index is 1.63. The van der Waals surface area contributed by atoms with Crippen LogP contribution < -0.4 is 9.75 Å². The third kappa shape index (κ3) is 5.68. The van der Waals surface area contributed by atoms with Gasteiger partial charge in [0.1, 0.15) is 29.9 Å². The molecule has 0 aliphatic rings. The van der Waals surface area contributed by atoms with Gasteiger partial charge in [-0.05, 0) is 48.2 Å². The maximum absolute atomic E-state index is 8.77. The number of furan rings is 1. The van der Waals surface area contributed by atoms with Gasteiger partial charge < -0.3 is 4.42 Å². The molecule has 236 valence electrons. The molecule has 0 aliphatic heterocycles. The quantitative estimate of drug-likeness (QED) is 0.144. The maximum Gasteiger partial charge on any atom is 0.216 e. The molecule has 0 aliphatic carbocycles. The van der Waals surface area contributed by atoms with Crippen molar-refractivity contribution >= 4 is 35.2 Å². The Bertz CT molecular complexity index is 2220. The van der Waals surface area contributed by atoms with Crippen LogP contribution in [0.4, 0.5) is 0 Å². The van der Waals surface area contributed by atoms with Gasteiger partial charge in [-0.25, -0.2) is 19.5 Å². The summed E-state index contributed by atoms with van der Waals surface area (Å²) in [4.78, 5) is 14.6. The predicted octanol–water partition coefficient (Wildman–Crippen LogP) is 9.35. The maximum atomic E-state index is 8.77. The summed E-state index contributed by atoms with van der Waals surface area (Å²) in [5, 5.41) is 3.31. The van der Waals surface area contributed by atoms with Crippen LogP contribution in [0.1, 0.15) is 68.4 Å². The van der Waals surface area contributed by atoms with Gasteiger partial charge in [-0.1, -0.05) is 104 Å². The Hall–Kier alpha value is -4.16. The average molecular weight is 631 g/mol. The standard InChI is InChI=1S/C40H47N4OSi/c1-24-17-19-29-28-15-13-14-16-32(28)45-35(29)34(24)31-22-30(33(23-44(31)9)46(10,11)12)27-20-18-26(21-25(27)2)36-41-37(39(3,4)5)43-38(42-36)40(6,7)8/h13-23H,1-12H3/q+1/i2D3. The van der Waals surface area contributed by atoms with Gasteiger partial charge in [0.15, 0.2) is 12.0 Å². The molecule has 0 fully saturated rings. The zero-order chi connectivity index (χ0) is 35.8. The Kier molecular flexibility index (Phi) is 6.70. The third-order valence-electron chi connectivity index (χ3n) is 8.64. The second-order valence-electron chi connectivity index (χ2n) is 15.6. The molecule has 0 bridgehead atoms. The van der Waals surface area contributed by atoms with Crippen LogP contribution in [0.2, 0.25) is 19.6 Å². The van der Waals surface area contributed by atoms with Crippen LogP contribution in [0.25, 0.3) is 55.7 Å². The molecule has 6 aromatic rings. The monoisotopic (exact) mass is 630 g/mol. The molecule has 3 aromatic heterocycles. The highest BCUT2D eigenvalue weighted by Crippen LogP contribution is 2.38. The molecule has 46 heavy (non-hydrogen) atoms. The lowest BCUT2D eigenvalue weighted by Crippen LogP contribution is -2.46. The molecule has 0 saturated carbocycles. The smallest absolute Gasteiger partial charge is 0.216 e. The van der Waals surface area contributed by atoms with Gasteiger partial charge in [0.2, 0.25) is 5.69 Å². The molecule has 0 radical (unpaired) electrons. The lowest BCUT2D eigenvalue weighted by atomic mass is 9.92. The second-order valence-corrected chi connectivity index (χ2v) is 20.7. The lowest BCUT2D eigenvalue weighted by molar-refractivity contribution is -0.659. The van der Waals surface area contributed by atoms with E-state index in [1.54, 1.807) is 6.07 Å². The number of hydrogen-bond donors (Lipinski definition) is 0. The SMILES string of the molecule is [2H]C([2H])([2H])c1cc(-c2nc(C(C)(C)C)nc(C(C)(C)C)n2)ccc1-c1cc(-c2c(C)ccc3c2oc2ccccc23)[n+](C)cc1[Si](C)(C)C. The van der Waals surface area contributed by atoms with Gasteiger partial charge in [0.05, 0.1) is 13.6 Å². The van der Waals surface area contributed by atoms with Crippen LogP contribution in [0.5, 0.6) is 0 Å². The molecule has 0 spiro atoms. The fourth-order valence-electron chi connectivity index (χ4n) is 6.02. The predicted molar refractivity (Wildman–Crippen MR) is 194 cm³/mol. The highest BCUT2D eigenvalue weighted by Gasteiger charge is 2.30. The molecule has 0 N–H and O–H groups in total. The average Bonchev–Trinajstić information content (AvgIpc) is 3.37. The van der Waals surface area contributed by atoms with Crippen molar-refractivity contribution in [2.45, 2.75) is 85.8 Å². The van der Waals surface area contributed by atoms with Crippen LogP contribution in [0.15, 0.2) is 71.3 Å². The molecule has 0 unspecified atom stereocenters. The normalized spacial score (nSPS) is 14.0. The van der Waals surface area contributed by atoms with E-state index in [9.17, 15) is 0 Å². The largest absolute Gasteiger partial charge is 0.455 e. The number of benzene rings is 3. The number of para-hydroxylation sites is 1. The van der Waals surface area contributed by atoms with E-state index in [-0.39, 0.29) is 16.4 Å². The topological polar surface area (TPSA) is 55.7 Å². The summed E-state index contributed by atoms with van der Waals surface area (Å²) in [6.07, 6.45) is 2.20. The number of hydrogen-bond acceptors (Lipinski definition) is 4. The van der Waals surface area contributed by atoms with Gasteiger partial charge in [0.25, 0.3) is 0 Å². The van der Waals surface area contributed by atoms with E-state index in [2.05, 4.69) is 110 Å². The van der Waals surface area contributed by atoms with Crippen molar-refractivity contribution < 1.29 is 13.1 Å². The highest BCUT2D eigenvalue weighted by atomic mass is 28.3. The van der Waals surface area contributed by atoms with Gasteiger partial charge in [-0.2, -0.15) is 0 Å². The van der Waals surface area contributed by atoms with E-state index >= 15 is 0 Å². The fourth-order valence-corrected chi connectivity index (χ4v) is 7.61. The first kappa shape index (κ1) is 28.1. The van der Waals surface area contributed by atoms with Gasteiger partial charge >= 0.3 is 0 Å². The fraction of sp³-hybridized carbons (Fsp3) is 0.350. The van der Waals surface area contributed by atoms with Crippen LogP contribution in [0.3, 0.4) is 0 Å². The van der Waals surface area contributed by atoms with Gasteiger partial charge in [-0.15, -0.1) is 0 Å². The number of aromatic nitrogens is 4. The molecule has 0 atom stereocenters. The number of pyridine rings is 1. The second kappa shape index (κ2) is 11.0. The summed E-state index contributed by atoms with van der Waals surface area (Å²) in [5.74, 6) is 1.84. The minimum atomic E-state index is -2.39. The molecule has 6 heteroatoms. The molecular weight excluding hydrogens is 581 g/mol. The Morgan fingerprint density at radius 2 is 1.43 bits per heavy atom. The first-order valence-electron chi connectivity index (χ1n) is 17.5. The van der Waals surface area contributed by atoms with Crippen LogP contribution in [0, 0.1) is 13.8 Å². The van der Waals surface area contributed by atoms with E-state index in [0.29, 0.717) is 28.6 Å². The number of rotatable bonds is 4. The molecule has 5 nitrogen and oxygen atoms in total. The van der Waals surface area contributed by atoms with E-state index in [0.717, 1.165) is 44.3 Å². The lowest BCUT2D eigenvalue weighted by Gasteiger charge is -2.23. The number of fused-ring (bicyclic) bond motifs is 3. The van der Waals surface area contributed by atoms with Crippen molar-refractivity contribution in [2.24, 2.45) is 7.05 Å². The van der Waals surface area contributed by atoms with Crippen molar-refractivity contribution in [3.05, 3.63) is 89.6 Å². The molecule has 0 saturated heterocycles. The van der Waals surface area contributed by atoms with Crippen molar-refractivity contribution in [3.63, 3.8) is 0 Å². The van der Waals surface area contributed by atoms with Crippen molar-refractivity contribution in [1.82, 2.24) is 15.0 Å². The third-order valence-corrected chi connectivity index (χ3v) is 10.7. The summed E-state index contributed by atoms with van der Waals surface area (Å²) in [5.41, 5.74) is 6.65.